The number of hydrogen-bond acceptors (Lipinski definition) is 2. The largest absolute Gasteiger partial charge is 0.355 e. The van der Waals surface area contributed by atoms with Gasteiger partial charge in [0.15, 0.2) is 0 Å². The molecule has 1 aromatic carbocycles. The van der Waals surface area contributed by atoms with Gasteiger partial charge < -0.3 is 11.1 Å². The molecule has 1 fully saturated rings. The van der Waals surface area contributed by atoms with E-state index < -0.39 is 0 Å². The molecule has 3 nitrogen and oxygen atoms in total. The third kappa shape index (κ3) is 3.70. The number of hydrogen-bond donors (Lipinski definition) is 2. The Hall–Kier alpha value is -1.35. The van der Waals surface area contributed by atoms with E-state index in [-0.39, 0.29) is 11.3 Å². The summed E-state index contributed by atoms with van der Waals surface area (Å²) < 4.78 is 0. The molecule has 1 aromatic rings. The maximum atomic E-state index is 12.8. The van der Waals surface area contributed by atoms with Crippen molar-refractivity contribution >= 4 is 5.91 Å². The standard InChI is InChI=1S/C19H30N2O/c1-15(2)16-7-9-17(10-8-16)19(11-3-4-12-19)18(22)21-14-6-5-13-20/h7-10,15H,3-6,11-14,20H2,1-2H3,(H,21,22). The van der Waals surface area contributed by atoms with Crippen LogP contribution in [0.1, 0.15) is 69.4 Å². The fourth-order valence-corrected chi connectivity index (χ4v) is 3.45. The molecule has 22 heavy (non-hydrogen) atoms. The molecular weight excluding hydrogens is 272 g/mol. The Kier molecular flexibility index (Phi) is 6.01. The molecule has 1 aliphatic carbocycles. The summed E-state index contributed by atoms with van der Waals surface area (Å²) in [7, 11) is 0. The van der Waals surface area contributed by atoms with Crippen molar-refractivity contribution in [3.05, 3.63) is 35.4 Å². The first-order chi connectivity index (χ1) is 10.6. The van der Waals surface area contributed by atoms with Crippen LogP contribution in [-0.2, 0) is 10.2 Å². The number of nitrogens with two attached hydrogens (primary N) is 1. The van der Waals surface area contributed by atoms with Gasteiger partial charge in [-0.3, -0.25) is 4.79 Å². The molecule has 0 atom stereocenters. The summed E-state index contributed by atoms with van der Waals surface area (Å²) in [6.45, 7) is 5.83. The van der Waals surface area contributed by atoms with Gasteiger partial charge in [0.2, 0.25) is 5.91 Å². The zero-order chi connectivity index (χ0) is 16.0. The summed E-state index contributed by atoms with van der Waals surface area (Å²) in [6.07, 6.45) is 6.15. The summed E-state index contributed by atoms with van der Waals surface area (Å²) >= 11 is 0. The monoisotopic (exact) mass is 302 g/mol. The predicted molar refractivity (Wildman–Crippen MR) is 92.0 cm³/mol. The number of carbonyl (C=O) groups excluding carboxylic acids is 1. The SMILES string of the molecule is CC(C)c1ccc(C2(C(=O)NCCCCN)CCCC2)cc1. The Bertz CT molecular complexity index is 473. The minimum atomic E-state index is -0.307. The number of carbonyl (C=O) groups is 1. The fourth-order valence-electron chi connectivity index (χ4n) is 3.45. The van der Waals surface area contributed by atoms with Gasteiger partial charge in [0.05, 0.1) is 5.41 Å². The zero-order valence-corrected chi connectivity index (χ0v) is 14.0. The van der Waals surface area contributed by atoms with Crippen LogP contribution in [0.25, 0.3) is 0 Å². The van der Waals surface area contributed by atoms with Gasteiger partial charge in [-0.2, -0.15) is 0 Å². The maximum absolute atomic E-state index is 12.8. The van der Waals surface area contributed by atoms with E-state index in [1.54, 1.807) is 0 Å². The van der Waals surface area contributed by atoms with Crippen LogP contribution < -0.4 is 11.1 Å². The molecule has 0 saturated heterocycles. The van der Waals surface area contributed by atoms with Gasteiger partial charge in [0, 0.05) is 6.54 Å². The highest BCUT2D eigenvalue weighted by Gasteiger charge is 2.42. The quantitative estimate of drug-likeness (QED) is 0.758. The van der Waals surface area contributed by atoms with E-state index in [0.29, 0.717) is 12.5 Å². The lowest BCUT2D eigenvalue weighted by molar-refractivity contribution is -0.126. The van der Waals surface area contributed by atoms with Gasteiger partial charge in [-0.15, -0.1) is 0 Å². The van der Waals surface area contributed by atoms with Crippen molar-refractivity contribution in [1.82, 2.24) is 5.32 Å². The van der Waals surface area contributed by atoms with Crippen molar-refractivity contribution in [3.8, 4) is 0 Å². The topological polar surface area (TPSA) is 55.1 Å². The fraction of sp³-hybridized carbons (Fsp3) is 0.632. The van der Waals surface area contributed by atoms with E-state index in [2.05, 4.69) is 43.4 Å². The highest BCUT2D eigenvalue weighted by Crippen LogP contribution is 2.41. The molecule has 0 bridgehead atoms. The zero-order valence-electron chi connectivity index (χ0n) is 14.0. The Morgan fingerprint density at radius 2 is 1.82 bits per heavy atom. The predicted octanol–water partition coefficient (Wildman–Crippen LogP) is 3.48. The minimum Gasteiger partial charge on any atom is -0.355 e. The second-order valence-corrected chi connectivity index (χ2v) is 6.82. The summed E-state index contributed by atoms with van der Waals surface area (Å²) in [5.41, 5.74) is 7.72. The molecule has 0 aromatic heterocycles. The summed E-state index contributed by atoms with van der Waals surface area (Å²) in [6, 6.07) is 8.70. The Balaban J connectivity index is 2.12. The van der Waals surface area contributed by atoms with E-state index in [4.69, 9.17) is 5.73 Å². The summed E-state index contributed by atoms with van der Waals surface area (Å²) in [5, 5.41) is 3.14. The molecule has 1 amide bonds. The first kappa shape index (κ1) is 17.0. The van der Waals surface area contributed by atoms with Crippen LogP contribution in [0, 0.1) is 0 Å². The van der Waals surface area contributed by atoms with Gasteiger partial charge in [-0.1, -0.05) is 51.0 Å². The molecule has 1 saturated carbocycles. The van der Waals surface area contributed by atoms with E-state index in [1.807, 2.05) is 0 Å². The Labute approximate surface area is 134 Å². The highest BCUT2D eigenvalue weighted by molar-refractivity contribution is 5.88. The normalized spacial score (nSPS) is 16.9. The number of nitrogens with one attached hydrogen (secondary N) is 1. The number of unbranched alkanes of at least 4 members (excludes halogenated alkanes) is 1. The lowest BCUT2D eigenvalue weighted by Gasteiger charge is -2.28. The average Bonchev–Trinajstić information content (AvgIpc) is 3.02. The molecule has 3 N–H and O–H groups in total. The third-order valence-electron chi connectivity index (χ3n) is 4.94. The van der Waals surface area contributed by atoms with Crippen LogP contribution in [0.2, 0.25) is 0 Å². The first-order valence-corrected chi connectivity index (χ1v) is 8.69. The van der Waals surface area contributed by atoms with Crippen molar-refractivity contribution < 1.29 is 4.79 Å². The molecule has 2 rings (SSSR count). The van der Waals surface area contributed by atoms with Crippen molar-refractivity contribution in [2.24, 2.45) is 5.73 Å². The average molecular weight is 302 g/mol. The van der Waals surface area contributed by atoms with Crippen molar-refractivity contribution in [2.75, 3.05) is 13.1 Å². The van der Waals surface area contributed by atoms with Crippen LogP contribution in [0.15, 0.2) is 24.3 Å². The second-order valence-electron chi connectivity index (χ2n) is 6.82. The van der Waals surface area contributed by atoms with E-state index in [1.165, 1.54) is 11.1 Å². The van der Waals surface area contributed by atoms with Crippen LogP contribution in [-0.4, -0.2) is 19.0 Å². The van der Waals surface area contributed by atoms with Gasteiger partial charge >= 0.3 is 0 Å². The molecule has 0 unspecified atom stereocenters. The summed E-state index contributed by atoms with van der Waals surface area (Å²) in [4.78, 5) is 12.8. The number of amides is 1. The van der Waals surface area contributed by atoms with Crippen molar-refractivity contribution in [1.29, 1.82) is 0 Å². The molecule has 3 heteroatoms. The smallest absolute Gasteiger partial charge is 0.230 e. The highest BCUT2D eigenvalue weighted by atomic mass is 16.2. The molecule has 0 radical (unpaired) electrons. The molecule has 122 valence electrons. The van der Waals surface area contributed by atoms with Gasteiger partial charge in [0.25, 0.3) is 0 Å². The van der Waals surface area contributed by atoms with Gasteiger partial charge in [-0.05, 0) is 49.3 Å². The van der Waals surface area contributed by atoms with Crippen molar-refractivity contribution in [3.63, 3.8) is 0 Å². The van der Waals surface area contributed by atoms with Gasteiger partial charge in [0.1, 0.15) is 0 Å². The van der Waals surface area contributed by atoms with E-state index in [9.17, 15) is 4.79 Å². The second kappa shape index (κ2) is 7.77. The number of rotatable bonds is 7. The number of benzene rings is 1. The Morgan fingerprint density at radius 1 is 1.18 bits per heavy atom. The maximum Gasteiger partial charge on any atom is 0.230 e. The lowest BCUT2D eigenvalue weighted by atomic mass is 9.77. The molecule has 0 heterocycles. The third-order valence-corrected chi connectivity index (χ3v) is 4.94. The van der Waals surface area contributed by atoms with Crippen LogP contribution in [0.4, 0.5) is 0 Å². The lowest BCUT2D eigenvalue weighted by Crippen LogP contribution is -2.43. The Morgan fingerprint density at radius 3 is 2.36 bits per heavy atom. The van der Waals surface area contributed by atoms with E-state index >= 15 is 0 Å². The minimum absolute atomic E-state index is 0.208. The summed E-state index contributed by atoms with van der Waals surface area (Å²) in [5.74, 6) is 0.734. The molecule has 0 spiro atoms. The molecule has 0 aliphatic heterocycles. The van der Waals surface area contributed by atoms with Gasteiger partial charge in [-0.25, -0.2) is 0 Å². The molecular formula is C19H30N2O. The van der Waals surface area contributed by atoms with Crippen LogP contribution in [0.3, 0.4) is 0 Å². The van der Waals surface area contributed by atoms with E-state index in [0.717, 1.165) is 45.1 Å². The van der Waals surface area contributed by atoms with Crippen LogP contribution in [0.5, 0.6) is 0 Å². The molecule has 1 aliphatic rings. The first-order valence-electron chi connectivity index (χ1n) is 8.69. The van der Waals surface area contributed by atoms with Crippen molar-refractivity contribution in [2.45, 2.75) is 63.7 Å². The van der Waals surface area contributed by atoms with Crippen LogP contribution >= 0.6 is 0 Å².